The van der Waals surface area contributed by atoms with Crippen molar-refractivity contribution in [3.8, 4) is 0 Å². The molecule has 10 heteroatoms. The van der Waals surface area contributed by atoms with Gasteiger partial charge in [-0.1, -0.05) is 11.6 Å². The van der Waals surface area contributed by atoms with Gasteiger partial charge >= 0.3 is 0 Å². The lowest BCUT2D eigenvalue weighted by molar-refractivity contribution is 0.593. The predicted molar refractivity (Wildman–Crippen MR) is 91.1 cm³/mol. The molecule has 3 rings (SSSR count). The fraction of sp³-hybridized carbons (Fsp3) is 0. The number of thiol groups is 1. The summed E-state index contributed by atoms with van der Waals surface area (Å²) in [6, 6.07) is 5.39. The van der Waals surface area contributed by atoms with Crippen molar-refractivity contribution < 1.29 is 8.78 Å². The summed E-state index contributed by atoms with van der Waals surface area (Å²) in [4.78, 5) is 12.0. The number of halogens is 3. The zero-order chi connectivity index (χ0) is 17.0. The minimum Gasteiger partial charge on any atom is -0.396 e. The zero-order valence-corrected chi connectivity index (χ0v) is 13.1. The van der Waals surface area contributed by atoms with Crippen LogP contribution in [0.3, 0.4) is 0 Å². The first-order valence-electron chi connectivity index (χ1n) is 6.10. The van der Waals surface area contributed by atoms with Crippen molar-refractivity contribution in [2.75, 3.05) is 11.1 Å². The van der Waals surface area contributed by atoms with Crippen LogP contribution in [0, 0.1) is 11.6 Å². The van der Waals surface area contributed by atoms with Gasteiger partial charge < -0.3 is 11.1 Å². The minimum absolute atomic E-state index is 0.130. The van der Waals surface area contributed by atoms with Crippen molar-refractivity contribution in [2.24, 2.45) is 0 Å². The Morgan fingerprint density at radius 3 is 2.61 bits per heavy atom. The maximum absolute atomic E-state index is 13.9. The van der Waals surface area contributed by atoms with Crippen LogP contribution in [0.5, 0.6) is 0 Å². The second-order valence-corrected chi connectivity index (χ2v) is 4.56. The van der Waals surface area contributed by atoms with Crippen LogP contribution in [-0.2, 0) is 0 Å². The number of nitrogens with one attached hydrogen (secondary N) is 1. The summed E-state index contributed by atoms with van der Waals surface area (Å²) >= 11 is 8.85. The van der Waals surface area contributed by atoms with Gasteiger partial charge in [0.15, 0.2) is 18.8 Å². The third-order valence-electron chi connectivity index (χ3n) is 2.81. The van der Waals surface area contributed by atoms with Gasteiger partial charge in [-0.3, -0.25) is 0 Å². The van der Waals surface area contributed by atoms with Gasteiger partial charge in [0.1, 0.15) is 28.5 Å². The molecule has 0 saturated carbocycles. The van der Waals surface area contributed by atoms with E-state index in [0.717, 1.165) is 12.1 Å². The second-order valence-electron chi connectivity index (χ2n) is 4.17. The third kappa shape index (κ3) is 3.62. The van der Waals surface area contributed by atoms with Gasteiger partial charge in [-0.15, -0.1) is 0 Å². The van der Waals surface area contributed by atoms with E-state index in [1.807, 2.05) is 0 Å². The van der Waals surface area contributed by atoms with Crippen molar-refractivity contribution in [2.45, 2.75) is 0 Å². The van der Waals surface area contributed by atoms with Crippen LogP contribution in [0.25, 0.3) is 11.0 Å². The van der Waals surface area contributed by atoms with E-state index in [9.17, 15) is 8.78 Å². The van der Waals surface area contributed by atoms with Crippen molar-refractivity contribution >= 4 is 59.4 Å². The fourth-order valence-electron chi connectivity index (χ4n) is 1.81. The molecule has 1 aromatic carbocycles. The van der Waals surface area contributed by atoms with Crippen LogP contribution in [-0.4, -0.2) is 22.1 Å². The Labute approximate surface area is 142 Å². The summed E-state index contributed by atoms with van der Waals surface area (Å²) in [7, 11) is 4.19. The highest BCUT2D eigenvalue weighted by molar-refractivity contribution is 8.03. The molecule has 2 aromatic heterocycles. The molecule has 2 radical (unpaired) electrons. The highest BCUT2D eigenvalue weighted by Crippen LogP contribution is 2.28. The smallest absolute Gasteiger partial charge is 0.172 e. The zero-order valence-electron chi connectivity index (χ0n) is 11.5. The number of pyridine rings is 1. The van der Waals surface area contributed by atoms with Crippen LogP contribution in [0.4, 0.5) is 26.0 Å². The lowest BCUT2D eigenvalue weighted by Crippen LogP contribution is -2.04. The molecule has 0 saturated heterocycles. The number of rotatable bonds is 2. The van der Waals surface area contributed by atoms with E-state index < -0.39 is 17.3 Å². The first kappa shape index (κ1) is 17.2. The monoisotopic (exact) mass is 351 g/mol. The van der Waals surface area contributed by atoms with E-state index in [1.54, 1.807) is 12.1 Å². The Morgan fingerprint density at radius 1 is 1.13 bits per heavy atom. The summed E-state index contributed by atoms with van der Waals surface area (Å²) < 4.78 is 27.7. The Kier molecular flexibility index (Phi) is 5.57. The highest BCUT2D eigenvalue weighted by Gasteiger charge is 2.15. The molecule has 116 valence electrons. The molecule has 0 spiro atoms. The summed E-state index contributed by atoms with van der Waals surface area (Å²) in [5, 5.41) is 2.77. The molecular formula is C13H9BClF2N5S. The molecular weight excluding hydrogens is 343 g/mol. The standard InChI is InChI=1S/C13H8ClF2N5.BHS/c14-9-4-3-8-12(20-9)13(19-5-18-8)21-11-6(15)1-2-7(17)10(11)16;1-2/h1-5H,17H2,(H,18,19,21);2H. The number of nitrogen functional groups attached to an aromatic ring is 1. The molecule has 0 bridgehead atoms. The largest absolute Gasteiger partial charge is 0.396 e. The topological polar surface area (TPSA) is 76.7 Å². The molecule has 2 heterocycles. The number of nitrogens with zero attached hydrogens (tertiary/aromatic N) is 3. The molecule has 3 N–H and O–H groups in total. The first-order chi connectivity index (χ1) is 11.1. The second kappa shape index (κ2) is 7.43. The summed E-state index contributed by atoms with van der Waals surface area (Å²) in [6.45, 7) is 0. The van der Waals surface area contributed by atoms with Gasteiger partial charge in [-0.25, -0.2) is 36.2 Å². The van der Waals surface area contributed by atoms with Gasteiger partial charge in [0.2, 0.25) is 0 Å². The van der Waals surface area contributed by atoms with Crippen molar-refractivity contribution in [1.82, 2.24) is 15.0 Å². The molecule has 0 amide bonds. The molecule has 0 fully saturated rings. The molecule has 3 aromatic rings. The van der Waals surface area contributed by atoms with Crippen molar-refractivity contribution in [3.63, 3.8) is 0 Å². The molecule has 0 aliphatic carbocycles. The van der Waals surface area contributed by atoms with Crippen LogP contribution >= 0.6 is 24.1 Å². The van der Waals surface area contributed by atoms with Gasteiger partial charge in [0, 0.05) is 0 Å². The number of fused-ring (bicyclic) bond motifs is 1. The van der Waals surface area contributed by atoms with E-state index in [4.69, 9.17) is 17.3 Å². The molecule has 0 aliphatic rings. The normalized spacial score (nSPS) is 10.1. The number of hydrogen-bond donors (Lipinski definition) is 3. The summed E-state index contributed by atoms with van der Waals surface area (Å²) in [5.74, 6) is -1.56. The number of hydrogen-bond acceptors (Lipinski definition) is 6. The Morgan fingerprint density at radius 2 is 1.87 bits per heavy atom. The average molecular weight is 352 g/mol. The number of nitrogens with two attached hydrogens (primary N) is 1. The fourth-order valence-corrected chi connectivity index (χ4v) is 1.96. The van der Waals surface area contributed by atoms with Crippen molar-refractivity contribution in [1.29, 1.82) is 0 Å². The number of aromatic nitrogens is 3. The van der Waals surface area contributed by atoms with Crippen LogP contribution < -0.4 is 11.1 Å². The Bertz CT molecular complexity index is 852. The first-order valence-corrected chi connectivity index (χ1v) is 6.99. The molecule has 0 aliphatic heterocycles. The van der Waals surface area contributed by atoms with Crippen LogP contribution in [0.1, 0.15) is 0 Å². The number of anilines is 3. The van der Waals surface area contributed by atoms with Gasteiger partial charge in [-0.05, 0) is 24.3 Å². The molecule has 5 nitrogen and oxygen atoms in total. The lowest BCUT2D eigenvalue weighted by Gasteiger charge is -2.10. The van der Waals surface area contributed by atoms with Gasteiger partial charge in [-0.2, -0.15) is 0 Å². The SMILES string of the molecule is Nc1ccc(F)c(Nc2ncnc3ccc(Cl)nc23)c1F.[B]S. The minimum atomic E-state index is -0.899. The third-order valence-corrected chi connectivity index (χ3v) is 3.02. The van der Waals surface area contributed by atoms with Crippen LogP contribution in [0.15, 0.2) is 30.6 Å². The van der Waals surface area contributed by atoms with E-state index in [2.05, 4.69) is 39.9 Å². The highest BCUT2D eigenvalue weighted by atomic mass is 35.5. The quantitative estimate of drug-likeness (QED) is 0.286. The molecule has 0 atom stereocenters. The molecule has 0 unspecified atom stereocenters. The average Bonchev–Trinajstić information content (AvgIpc) is 2.57. The predicted octanol–water partition coefficient (Wildman–Crippen LogP) is 3.28. The lowest BCUT2D eigenvalue weighted by atomic mass is 10.2. The molecule has 23 heavy (non-hydrogen) atoms. The number of benzene rings is 1. The summed E-state index contributed by atoms with van der Waals surface area (Å²) in [6.07, 6.45) is 1.25. The van der Waals surface area contributed by atoms with Crippen molar-refractivity contribution in [3.05, 3.63) is 47.4 Å². The Balaban J connectivity index is 0.000000924. The maximum Gasteiger partial charge on any atom is 0.172 e. The van der Waals surface area contributed by atoms with Gasteiger partial charge in [0.05, 0.1) is 11.2 Å². The summed E-state index contributed by atoms with van der Waals surface area (Å²) in [5.41, 5.74) is 5.63. The van der Waals surface area contributed by atoms with E-state index >= 15 is 0 Å². The van der Waals surface area contributed by atoms with E-state index in [1.165, 1.54) is 6.33 Å². The van der Waals surface area contributed by atoms with Gasteiger partial charge in [0.25, 0.3) is 0 Å². The Hall–Kier alpha value is -2.13. The van der Waals surface area contributed by atoms with E-state index in [-0.39, 0.29) is 16.7 Å². The maximum atomic E-state index is 13.9. The van der Waals surface area contributed by atoms with E-state index in [0.29, 0.717) is 11.0 Å². The van der Waals surface area contributed by atoms with Crippen LogP contribution in [0.2, 0.25) is 5.15 Å².